The molecular weight excluding hydrogens is 612 g/mol. The summed E-state index contributed by atoms with van der Waals surface area (Å²) >= 11 is 0. The van der Waals surface area contributed by atoms with E-state index in [9.17, 15) is 19.2 Å². The van der Waals surface area contributed by atoms with Crippen molar-refractivity contribution < 1.29 is 14.4 Å². The average Bonchev–Trinajstić information content (AvgIpc) is 3.91. The Hall–Kier alpha value is -5.92. The summed E-state index contributed by atoms with van der Waals surface area (Å²) < 4.78 is 4.51. The summed E-state index contributed by atoms with van der Waals surface area (Å²) in [5, 5.41) is 15.2. The quantitative estimate of drug-likeness (QED) is 0.290. The molecule has 48 heavy (non-hydrogen) atoms. The third-order valence-electron chi connectivity index (χ3n) is 9.02. The van der Waals surface area contributed by atoms with Gasteiger partial charge in [0.25, 0.3) is 17.4 Å². The summed E-state index contributed by atoms with van der Waals surface area (Å²) in [6, 6.07) is 16.8. The van der Waals surface area contributed by atoms with Crippen LogP contribution in [-0.4, -0.2) is 71.9 Å². The van der Waals surface area contributed by atoms with Crippen molar-refractivity contribution in [3.05, 3.63) is 106 Å². The molecule has 5 aromatic rings. The second kappa shape index (κ2) is 12.7. The van der Waals surface area contributed by atoms with Crippen LogP contribution in [0, 0.1) is 0 Å². The number of amides is 3. The molecule has 3 aliphatic heterocycles. The number of nitrogens with zero attached hydrogens (tertiary/aromatic N) is 10. The van der Waals surface area contributed by atoms with Crippen molar-refractivity contribution in [2.45, 2.75) is 32.1 Å². The van der Waals surface area contributed by atoms with Crippen LogP contribution >= 0.6 is 0 Å². The number of anilines is 3. The molecule has 0 atom stereocenters. The molecule has 6 heterocycles. The second-order valence-electron chi connectivity index (χ2n) is 11.9. The molecule has 1 fully saturated rings. The molecule has 3 aromatic heterocycles. The molecule has 0 spiro atoms. The van der Waals surface area contributed by atoms with Gasteiger partial charge in [0, 0.05) is 69.5 Å². The standard InChI is InChI=1S/C17H19N5O2.C17H15N5O2/c2*1-20-15(11-18-19-20)17(24)22-9-7-12-5-6-13(10-14(12)22)21-8-3-2-4-16(21)23/h5-6,10-11H,2-4,7-9H2,1H3;2-6,8,10-11H,7,9H2,1H3. The molecule has 244 valence electrons. The van der Waals surface area contributed by atoms with Crippen LogP contribution in [0.15, 0.2) is 78.0 Å². The van der Waals surface area contributed by atoms with Gasteiger partial charge in [0.05, 0.1) is 18.1 Å². The van der Waals surface area contributed by atoms with Crippen LogP contribution < -0.4 is 20.3 Å². The largest absolute Gasteiger partial charge is 0.312 e. The van der Waals surface area contributed by atoms with Crippen LogP contribution in [0.1, 0.15) is 51.4 Å². The van der Waals surface area contributed by atoms with Crippen molar-refractivity contribution in [3.8, 4) is 5.69 Å². The molecule has 14 nitrogen and oxygen atoms in total. The van der Waals surface area contributed by atoms with E-state index in [-0.39, 0.29) is 23.3 Å². The fourth-order valence-electron chi connectivity index (χ4n) is 6.44. The van der Waals surface area contributed by atoms with Crippen molar-refractivity contribution in [1.29, 1.82) is 0 Å². The number of piperidine rings is 1. The SMILES string of the molecule is Cn1nncc1C(=O)N1CCc2ccc(-n3ccccc3=O)cc21.Cn1nncc1C(=O)N1CCc2ccc(N3CCCCC3=O)cc21. The first-order valence-corrected chi connectivity index (χ1v) is 15.9. The summed E-state index contributed by atoms with van der Waals surface area (Å²) in [7, 11) is 3.40. The van der Waals surface area contributed by atoms with Crippen molar-refractivity contribution in [2.24, 2.45) is 14.1 Å². The Morgan fingerprint density at radius 3 is 1.79 bits per heavy atom. The summed E-state index contributed by atoms with van der Waals surface area (Å²) in [5.41, 5.74) is 6.34. The van der Waals surface area contributed by atoms with Gasteiger partial charge in [0.1, 0.15) is 11.4 Å². The van der Waals surface area contributed by atoms with E-state index in [0.29, 0.717) is 30.9 Å². The topological polar surface area (TPSA) is 144 Å². The molecule has 1 saturated heterocycles. The number of rotatable bonds is 4. The fourth-order valence-corrected chi connectivity index (χ4v) is 6.44. The number of hydrogen-bond donors (Lipinski definition) is 0. The molecule has 0 radical (unpaired) electrons. The highest BCUT2D eigenvalue weighted by molar-refractivity contribution is 6.07. The minimum absolute atomic E-state index is 0.107. The van der Waals surface area contributed by atoms with Crippen LogP contribution in [0.3, 0.4) is 0 Å². The molecule has 0 N–H and O–H groups in total. The first kappa shape index (κ1) is 30.7. The normalized spacial score (nSPS) is 15.2. The first-order valence-electron chi connectivity index (χ1n) is 15.9. The molecule has 0 saturated carbocycles. The van der Waals surface area contributed by atoms with Crippen molar-refractivity contribution in [3.63, 3.8) is 0 Å². The number of aromatic nitrogens is 7. The molecule has 0 aliphatic carbocycles. The van der Waals surface area contributed by atoms with Gasteiger partial charge in [-0.1, -0.05) is 28.6 Å². The Kier molecular flexibility index (Phi) is 8.13. The monoisotopic (exact) mass is 646 g/mol. The van der Waals surface area contributed by atoms with E-state index in [4.69, 9.17) is 0 Å². The van der Waals surface area contributed by atoms with Crippen LogP contribution in [0.4, 0.5) is 17.1 Å². The third-order valence-corrected chi connectivity index (χ3v) is 9.02. The van der Waals surface area contributed by atoms with E-state index in [1.165, 1.54) is 27.8 Å². The zero-order valence-corrected chi connectivity index (χ0v) is 26.7. The second-order valence-corrected chi connectivity index (χ2v) is 11.9. The predicted molar refractivity (Wildman–Crippen MR) is 177 cm³/mol. The molecule has 14 heteroatoms. The van der Waals surface area contributed by atoms with Gasteiger partial charge in [-0.15, -0.1) is 10.2 Å². The lowest BCUT2D eigenvalue weighted by Crippen LogP contribution is -2.35. The van der Waals surface area contributed by atoms with E-state index in [1.54, 1.807) is 46.8 Å². The van der Waals surface area contributed by atoms with Gasteiger partial charge in [-0.2, -0.15) is 0 Å². The molecule has 3 amide bonds. The van der Waals surface area contributed by atoms with Gasteiger partial charge in [0.15, 0.2) is 0 Å². The Morgan fingerprint density at radius 2 is 1.25 bits per heavy atom. The van der Waals surface area contributed by atoms with Crippen molar-refractivity contribution >= 4 is 34.8 Å². The highest BCUT2D eigenvalue weighted by Crippen LogP contribution is 2.34. The van der Waals surface area contributed by atoms with Gasteiger partial charge in [-0.3, -0.25) is 23.7 Å². The van der Waals surface area contributed by atoms with Crippen LogP contribution in [0.25, 0.3) is 5.69 Å². The molecular formula is C34H34N10O4. The van der Waals surface area contributed by atoms with E-state index in [1.807, 2.05) is 41.3 Å². The highest BCUT2D eigenvalue weighted by atomic mass is 16.2. The maximum atomic E-state index is 12.8. The van der Waals surface area contributed by atoms with Crippen molar-refractivity contribution in [1.82, 2.24) is 34.6 Å². The Labute approximate surface area is 275 Å². The number of carbonyl (C=O) groups is 3. The number of aryl methyl sites for hydroxylation is 2. The number of carbonyl (C=O) groups excluding carboxylic acids is 3. The Bertz CT molecular complexity index is 2100. The first-order chi connectivity index (χ1) is 23.3. The van der Waals surface area contributed by atoms with Gasteiger partial charge in [-0.05, 0) is 67.1 Å². The van der Waals surface area contributed by atoms with E-state index in [2.05, 4.69) is 20.6 Å². The highest BCUT2D eigenvalue weighted by Gasteiger charge is 2.30. The maximum Gasteiger partial charge on any atom is 0.278 e. The smallest absolute Gasteiger partial charge is 0.278 e. The van der Waals surface area contributed by atoms with Gasteiger partial charge < -0.3 is 14.7 Å². The lowest BCUT2D eigenvalue weighted by Gasteiger charge is -2.28. The van der Waals surface area contributed by atoms with Crippen LogP contribution in [0.5, 0.6) is 0 Å². The van der Waals surface area contributed by atoms with E-state index >= 15 is 0 Å². The van der Waals surface area contributed by atoms with E-state index < -0.39 is 0 Å². The molecule has 8 rings (SSSR count). The zero-order chi connectivity index (χ0) is 33.4. The molecule has 3 aliphatic rings. The summed E-state index contributed by atoms with van der Waals surface area (Å²) in [5.74, 6) is -0.0879. The van der Waals surface area contributed by atoms with Crippen LogP contribution in [0.2, 0.25) is 0 Å². The summed E-state index contributed by atoms with van der Waals surface area (Å²) in [4.78, 5) is 55.0. The van der Waals surface area contributed by atoms with Crippen molar-refractivity contribution in [2.75, 3.05) is 34.3 Å². The maximum absolute atomic E-state index is 12.8. The minimum atomic E-state index is -0.140. The van der Waals surface area contributed by atoms with Gasteiger partial charge in [0.2, 0.25) is 5.91 Å². The Balaban J connectivity index is 0.000000152. The zero-order valence-electron chi connectivity index (χ0n) is 26.7. The van der Waals surface area contributed by atoms with Crippen LogP contribution in [-0.2, 0) is 31.7 Å². The third kappa shape index (κ3) is 5.65. The molecule has 2 aromatic carbocycles. The lowest BCUT2D eigenvalue weighted by molar-refractivity contribution is -0.119. The number of hydrogen-bond acceptors (Lipinski definition) is 8. The average molecular weight is 647 g/mol. The molecule has 0 unspecified atom stereocenters. The predicted octanol–water partition coefficient (Wildman–Crippen LogP) is 2.70. The molecule has 0 bridgehead atoms. The number of pyridine rings is 1. The van der Waals surface area contributed by atoms with Gasteiger partial charge >= 0.3 is 0 Å². The number of fused-ring (bicyclic) bond motifs is 2. The Morgan fingerprint density at radius 1 is 0.667 bits per heavy atom. The fraction of sp³-hybridized carbons (Fsp3) is 0.294. The summed E-state index contributed by atoms with van der Waals surface area (Å²) in [6.07, 6.45) is 8.85. The lowest BCUT2D eigenvalue weighted by atomic mass is 10.1. The van der Waals surface area contributed by atoms with E-state index in [0.717, 1.165) is 66.1 Å². The number of benzene rings is 2. The minimum Gasteiger partial charge on any atom is -0.312 e. The summed E-state index contributed by atoms with van der Waals surface area (Å²) in [6.45, 7) is 1.99. The van der Waals surface area contributed by atoms with Gasteiger partial charge in [-0.25, -0.2) is 9.36 Å².